The topological polar surface area (TPSA) is 67.8 Å². The van der Waals surface area contributed by atoms with Crippen LogP contribution in [0.3, 0.4) is 0 Å². The van der Waals surface area contributed by atoms with E-state index in [1.165, 1.54) is 21.8 Å². The van der Waals surface area contributed by atoms with Gasteiger partial charge in [0.2, 0.25) is 0 Å². The largest absolute Gasteiger partial charge is 0.464 e. The normalized spacial score (nSPS) is 19.6. The maximum absolute atomic E-state index is 12.7. The highest BCUT2D eigenvalue weighted by Crippen LogP contribution is 2.30. The second-order valence-corrected chi connectivity index (χ2v) is 8.52. The smallest absolute Gasteiger partial charge is 0.260 e. The van der Waals surface area contributed by atoms with E-state index >= 15 is 0 Å². The van der Waals surface area contributed by atoms with Crippen LogP contribution in [0.5, 0.6) is 0 Å². The number of furan rings is 1. The third-order valence-electron chi connectivity index (χ3n) is 5.66. The Hall–Kier alpha value is -2.74. The summed E-state index contributed by atoms with van der Waals surface area (Å²) in [6.45, 7) is 6.30. The number of rotatable bonds is 5. The molecule has 5 rings (SSSR count). The first-order valence-corrected chi connectivity index (χ1v) is 10.9. The molecule has 6 nitrogen and oxygen atoms in total. The van der Waals surface area contributed by atoms with E-state index in [2.05, 4.69) is 35.3 Å². The molecule has 1 aromatic carbocycles. The predicted molar refractivity (Wildman–Crippen MR) is 113 cm³/mol. The Balaban J connectivity index is 1.26. The van der Waals surface area contributed by atoms with Gasteiger partial charge in [-0.3, -0.25) is 4.79 Å². The molecule has 29 heavy (non-hydrogen) atoms. The molecule has 0 aliphatic carbocycles. The minimum atomic E-state index is -0.0783. The molecule has 148 valence electrons. The Morgan fingerprint density at radius 3 is 2.48 bits per heavy atom. The van der Waals surface area contributed by atoms with Crippen LogP contribution >= 0.6 is 11.3 Å². The van der Waals surface area contributed by atoms with Crippen molar-refractivity contribution in [1.29, 1.82) is 0 Å². The second kappa shape index (κ2) is 7.94. The van der Waals surface area contributed by atoms with E-state index in [0.717, 1.165) is 55.5 Å². The van der Waals surface area contributed by atoms with Crippen molar-refractivity contribution in [3.05, 3.63) is 75.8 Å². The molecule has 1 saturated heterocycles. The quantitative estimate of drug-likeness (QED) is 0.456. The number of piperazine rings is 1. The van der Waals surface area contributed by atoms with Crippen LogP contribution in [0.2, 0.25) is 0 Å². The lowest BCUT2D eigenvalue weighted by Crippen LogP contribution is -3.27. The Bertz CT molecular complexity index is 1140. The molecule has 7 heteroatoms. The summed E-state index contributed by atoms with van der Waals surface area (Å²) in [5, 5.41) is 2.58. The summed E-state index contributed by atoms with van der Waals surface area (Å²) >= 11 is 1.50. The van der Waals surface area contributed by atoms with E-state index in [0.29, 0.717) is 11.1 Å². The Morgan fingerprint density at radius 2 is 1.76 bits per heavy atom. The van der Waals surface area contributed by atoms with E-state index in [1.54, 1.807) is 11.2 Å². The predicted octanol–water partition coefficient (Wildman–Crippen LogP) is 0.728. The van der Waals surface area contributed by atoms with E-state index < -0.39 is 0 Å². The molecule has 0 unspecified atom stereocenters. The number of aromatic nitrogens is 2. The molecule has 0 spiro atoms. The third kappa shape index (κ3) is 3.89. The van der Waals surface area contributed by atoms with E-state index in [1.807, 2.05) is 17.5 Å². The van der Waals surface area contributed by atoms with Crippen LogP contribution in [-0.2, 0) is 13.1 Å². The zero-order valence-electron chi connectivity index (χ0n) is 16.1. The van der Waals surface area contributed by atoms with Crippen LogP contribution in [0.25, 0.3) is 21.5 Å². The monoisotopic (exact) mass is 408 g/mol. The molecule has 1 fully saturated rings. The number of nitrogens with one attached hydrogen (secondary N) is 3. The van der Waals surface area contributed by atoms with Gasteiger partial charge in [-0.2, -0.15) is 0 Å². The maximum Gasteiger partial charge on any atom is 0.260 e. The van der Waals surface area contributed by atoms with Gasteiger partial charge in [0.25, 0.3) is 5.56 Å². The lowest BCUT2D eigenvalue weighted by molar-refractivity contribution is -1.02. The first kappa shape index (κ1) is 18.3. The molecule has 1 aliphatic heterocycles. The Kier molecular flexibility index (Phi) is 5.01. The SMILES string of the molecule is O=c1[nH]c(C[NH+]2CC[NH+](Cc3ccccc3)CC2)nc2scc(-c3ccco3)c12. The van der Waals surface area contributed by atoms with Gasteiger partial charge in [-0.25, -0.2) is 4.98 Å². The molecule has 4 aromatic rings. The molecule has 4 heterocycles. The lowest BCUT2D eigenvalue weighted by atomic mass is 10.2. The summed E-state index contributed by atoms with van der Waals surface area (Å²) in [4.78, 5) is 24.4. The van der Waals surface area contributed by atoms with Gasteiger partial charge in [-0.15, -0.1) is 11.3 Å². The van der Waals surface area contributed by atoms with E-state index in [4.69, 9.17) is 9.40 Å². The summed E-state index contributed by atoms with van der Waals surface area (Å²) in [7, 11) is 0. The van der Waals surface area contributed by atoms with Gasteiger partial charge in [0.1, 0.15) is 49.9 Å². The van der Waals surface area contributed by atoms with Crippen LogP contribution in [0, 0.1) is 0 Å². The number of quaternary nitrogens is 2. The highest BCUT2D eigenvalue weighted by Gasteiger charge is 2.24. The van der Waals surface area contributed by atoms with Crippen molar-refractivity contribution in [3.63, 3.8) is 0 Å². The molecule has 3 aromatic heterocycles. The minimum Gasteiger partial charge on any atom is -0.464 e. The fourth-order valence-electron chi connectivity index (χ4n) is 4.12. The third-order valence-corrected chi connectivity index (χ3v) is 6.53. The van der Waals surface area contributed by atoms with Gasteiger partial charge < -0.3 is 19.2 Å². The molecular formula is C22H24N4O2S+2. The number of H-pyrrole nitrogens is 1. The maximum atomic E-state index is 12.7. The van der Waals surface area contributed by atoms with Crippen LogP contribution in [-0.4, -0.2) is 36.1 Å². The van der Waals surface area contributed by atoms with Crippen molar-refractivity contribution >= 4 is 21.6 Å². The number of hydrogen-bond donors (Lipinski definition) is 3. The van der Waals surface area contributed by atoms with Crippen molar-refractivity contribution in [2.75, 3.05) is 26.2 Å². The van der Waals surface area contributed by atoms with Crippen molar-refractivity contribution in [3.8, 4) is 11.3 Å². The number of aromatic amines is 1. The molecule has 0 amide bonds. The lowest BCUT2D eigenvalue weighted by Gasteiger charge is -2.29. The van der Waals surface area contributed by atoms with Gasteiger partial charge in [0.05, 0.1) is 11.6 Å². The van der Waals surface area contributed by atoms with Crippen LogP contribution in [0.4, 0.5) is 0 Å². The number of thiophene rings is 1. The molecule has 0 saturated carbocycles. The first-order chi connectivity index (χ1) is 14.3. The average molecular weight is 409 g/mol. The number of nitrogens with zero attached hydrogens (tertiary/aromatic N) is 1. The summed E-state index contributed by atoms with van der Waals surface area (Å²) < 4.78 is 5.46. The van der Waals surface area contributed by atoms with Crippen molar-refractivity contribution < 1.29 is 14.2 Å². The van der Waals surface area contributed by atoms with E-state index in [9.17, 15) is 4.79 Å². The first-order valence-electron chi connectivity index (χ1n) is 10.0. The number of benzene rings is 1. The molecular weight excluding hydrogens is 384 g/mol. The van der Waals surface area contributed by atoms with Crippen LogP contribution in [0.1, 0.15) is 11.4 Å². The van der Waals surface area contributed by atoms with E-state index in [-0.39, 0.29) is 5.56 Å². The van der Waals surface area contributed by atoms with Crippen molar-refractivity contribution in [2.45, 2.75) is 13.1 Å². The Morgan fingerprint density at radius 1 is 1.00 bits per heavy atom. The standard InChI is InChI=1S/C22H22N4O2S/c27-21-20-17(18-7-4-12-28-18)15-29-22(20)24-19(23-21)14-26-10-8-25(9-11-26)13-16-5-2-1-3-6-16/h1-7,12,15H,8-11,13-14H2,(H,23,24,27)/p+2. The van der Waals surface area contributed by atoms with Crippen LogP contribution < -0.4 is 15.4 Å². The summed E-state index contributed by atoms with van der Waals surface area (Å²) in [6, 6.07) is 14.4. The summed E-state index contributed by atoms with van der Waals surface area (Å²) in [6.07, 6.45) is 1.62. The fourth-order valence-corrected chi connectivity index (χ4v) is 5.07. The summed E-state index contributed by atoms with van der Waals surface area (Å²) in [5.74, 6) is 1.48. The van der Waals surface area contributed by atoms with Gasteiger partial charge >= 0.3 is 0 Å². The Labute approximate surface area is 172 Å². The highest BCUT2D eigenvalue weighted by molar-refractivity contribution is 7.17. The van der Waals surface area contributed by atoms with Gasteiger partial charge in [0.15, 0.2) is 5.82 Å². The molecule has 0 radical (unpaired) electrons. The number of hydrogen-bond acceptors (Lipinski definition) is 4. The highest BCUT2D eigenvalue weighted by atomic mass is 32.1. The molecule has 3 N–H and O–H groups in total. The number of fused-ring (bicyclic) bond motifs is 1. The minimum absolute atomic E-state index is 0.0783. The average Bonchev–Trinajstić information content (AvgIpc) is 3.40. The molecule has 0 bridgehead atoms. The fraction of sp³-hybridized carbons (Fsp3) is 0.273. The van der Waals surface area contributed by atoms with Crippen LogP contribution in [0.15, 0.2) is 63.3 Å². The molecule has 0 atom stereocenters. The zero-order chi connectivity index (χ0) is 19.6. The summed E-state index contributed by atoms with van der Waals surface area (Å²) in [5.41, 5.74) is 2.14. The van der Waals surface area contributed by atoms with Gasteiger partial charge in [-0.05, 0) is 12.1 Å². The van der Waals surface area contributed by atoms with Gasteiger partial charge in [0, 0.05) is 16.5 Å². The van der Waals surface area contributed by atoms with Crippen molar-refractivity contribution in [2.24, 2.45) is 0 Å². The van der Waals surface area contributed by atoms with Crippen molar-refractivity contribution in [1.82, 2.24) is 9.97 Å². The zero-order valence-corrected chi connectivity index (χ0v) is 16.9. The second-order valence-electron chi connectivity index (χ2n) is 7.66. The molecule has 1 aliphatic rings. The van der Waals surface area contributed by atoms with Gasteiger partial charge in [-0.1, -0.05) is 30.3 Å².